The first-order valence-corrected chi connectivity index (χ1v) is 8.08. The lowest BCUT2D eigenvalue weighted by Crippen LogP contribution is -2.34. The minimum absolute atomic E-state index is 0.120. The van der Waals surface area contributed by atoms with Gasteiger partial charge in [0.15, 0.2) is 0 Å². The first kappa shape index (κ1) is 16.3. The Labute approximate surface area is 145 Å². The van der Waals surface area contributed by atoms with Gasteiger partial charge < -0.3 is 10.1 Å². The van der Waals surface area contributed by atoms with E-state index in [0.29, 0.717) is 17.3 Å². The number of benzene rings is 2. The molecule has 1 saturated heterocycles. The molecule has 24 heavy (non-hydrogen) atoms. The molecule has 5 nitrogen and oxygen atoms in total. The maximum Gasteiger partial charge on any atom is 0.256 e. The van der Waals surface area contributed by atoms with Gasteiger partial charge in [-0.3, -0.25) is 9.59 Å². The van der Waals surface area contributed by atoms with Crippen molar-refractivity contribution < 1.29 is 14.3 Å². The molecule has 3 rings (SSSR count). The minimum atomic E-state index is -0.578. The second kappa shape index (κ2) is 6.93. The van der Waals surface area contributed by atoms with Crippen molar-refractivity contribution in [3.63, 3.8) is 0 Å². The summed E-state index contributed by atoms with van der Waals surface area (Å²) in [5.74, 6) is 0.265. The number of amides is 2. The van der Waals surface area contributed by atoms with E-state index < -0.39 is 6.04 Å². The Morgan fingerprint density at radius 3 is 2.42 bits per heavy atom. The molecule has 0 radical (unpaired) electrons. The second-order valence-corrected chi connectivity index (χ2v) is 5.84. The van der Waals surface area contributed by atoms with Gasteiger partial charge in [0.05, 0.1) is 18.7 Å². The van der Waals surface area contributed by atoms with Gasteiger partial charge >= 0.3 is 0 Å². The zero-order valence-electron chi connectivity index (χ0n) is 13.2. The third-order valence-corrected chi connectivity index (χ3v) is 3.99. The van der Waals surface area contributed by atoms with Crippen LogP contribution in [0.4, 0.5) is 11.4 Å². The SMILES string of the molecule is CCOc1ccc(N[C@H]2CC(=O)N(c3ccc(Cl)cc3)C2=O)cc1. The van der Waals surface area contributed by atoms with E-state index in [1.165, 1.54) is 4.90 Å². The molecule has 0 aromatic heterocycles. The Morgan fingerprint density at radius 1 is 1.12 bits per heavy atom. The van der Waals surface area contributed by atoms with Crippen molar-refractivity contribution in [2.75, 3.05) is 16.8 Å². The summed E-state index contributed by atoms with van der Waals surface area (Å²) in [4.78, 5) is 26.0. The Hall–Kier alpha value is -2.53. The van der Waals surface area contributed by atoms with Gasteiger partial charge in [0.1, 0.15) is 11.8 Å². The highest BCUT2D eigenvalue weighted by molar-refractivity contribution is 6.30. The molecule has 1 aliphatic rings. The van der Waals surface area contributed by atoms with Crippen LogP contribution < -0.4 is 15.0 Å². The van der Waals surface area contributed by atoms with Crippen molar-refractivity contribution in [1.82, 2.24) is 0 Å². The number of hydrogen-bond donors (Lipinski definition) is 1. The molecule has 2 aromatic carbocycles. The molecule has 6 heteroatoms. The van der Waals surface area contributed by atoms with Crippen LogP contribution in [-0.2, 0) is 9.59 Å². The number of nitrogens with one attached hydrogen (secondary N) is 1. The molecule has 124 valence electrons. The summed E-state index contributed by atoms with van der Waals surface area (Å²) in [5.41, 5.74) is 1.30. The number of carbonyl (C=O) groups is 2. The van der Waals surface area contributed by atoms with Crippen LogP contribution in [0.1, 0.15) is 13.3 Å². The molecule has 2 amide bonds. The van der Waals surface area contributed by atoms with E-state index in [1.54, 1.807) is 24.3 Å². The van der Waals surface area contributed by atoms with Crippen molar-refractivity contribution in [1.29, 1.82) is 0 Å². The van der Waals surface area contributed by atoms with Crippen molar-refractivity contribution in [2.45, 2.75) is 19.4 Å². The molecular formula is C18H17ClN2O3. The van der Waals surface area contributed by atoms with Crippen LogP contribution in [-0.4, -0.2) is 24.5 Å². The van der Waals surface area contributed by atoms with Gasteiger partial charge in [-0.1, -0.05) is 11.6 Å². The van der Waals surface area contributed by atoms with Crippen LogP contribution >= 0.6 is 11.6 Å². The Balaban J connectivity index is 1.72. The first-order chi connectivity index (χ1) is 11.6. The Kier molecular flexibility index (Phi) is 4.71. The lowest BCUT2D eigenvalue weighted by Gasteiger charge is -2.16. The standard InChI is InChI=1S/C18H17ClN2O3/c1-2-24-15-9-5-13(6-10-15)20-16-11-17(22)21(18(16)23)14-7-3-12(19)4-8-14/h3-10,16,20H,2,11H2,1H3/t16-/m0/s1. The van der Waals surface area contributed by atoms with E-state index in [9.17, 15) is 9.59 Å². The van der Waals surface area contributed by atoms with Crippen molar-refractivity contribution in [2.24, 2.45) is 0 Å². The molecule has 0 spiro atoms. The Morgan fingerprint density at radius 2 is 1.79 bits per heavy atom. The quantitative estimate of drug-likeness (QED) is 0.844. The molecule has 1 atom stereocenters. The number of rotatable bonds is 5. The Bertz CT molecular complexity index is 744. The molecule has 0 unspecified atom stereocenters. The molecule has 1 fully saturated rings. The summed E-state index contributed by atoms with van der Waals surface area (Å²) in [5, 5.41) is 3.67. The average molecular weight is 345 g/mol. The molecular weight excluding hydrogens is 328 g/mol. The van der Waals surface area contributed by atoms with Crippen LogP contribution in [0.3, 0.4) is 0 Å². The summed E-state index contributed by atoms with van der Waals surface area (Å²) in [6, 6.07) is 13.4. The van der Waals surface area contributed by atoms with E-state index in [2.05, 4.69) is 5.32 Å². The number of nitrogens with zero attached hydrogens (tertiary/aromatic N) is 1. The van der Waals surface area contributed by atoms with Gasteiger partial charge in [-0.25, -0.2) is 4.90 Å². The topological polar surface area (TPSA) is 58.6 Å². The molecule has 0 bridgehead atoms. The van der Waals surface area contributed by atoms with Crippen molar-refractivity contribution >= 4 is 34.8 Å². The number of imide groups is 1. The fourth-order valence-corrected chi connectivity index (χ4v) is 2.75. The number of anilines is 2. The third kappa shape index (κ3) is 3.36. The fourth-order valence-electron chi connectivity index (χ4n) is 2.62. The number of ether oxygens (including phenoxy) is 1. The van der Waals surface area contributed by atoms with Gasteiger partial charge in [-0.05, 0) is 55.5 Å². The highest BCUT2D eigenvalue weighted by Gasteiger charge is 2.39. The number of halogens is 1. The molecule has 2 aromatic rings. The summed E-state index contributed by atoms with van der Waals surface area (Å²) in [6.45, 7) is 2.51. The van der Waals surface area contributed by atoms with E-state index in [4.69, 9.17) is 16.3 Å². The van der Waals surface area contributed by atoms with Crippen molar-refractivity contribution in [3.8, 4) is 5.75 Å². The average Bonchev–Trinajstić information content (AvgIpc) is 2.85. The lowest BCUT2D eigenvalue weighted by molar-refractivity contribution is -0.121. The summed E-state index contributed by atoms with van der Waals surface area (Å²) in [7, 11) is 0. The monoisotopic (exact) mass is 344 g/mol. The molecule has 0 aliphatic carbocycles. The van der Waals surface area contributed by atoms with Crippen LogP contribution in [0, 0.1) is 0 Å². The van der Waals surface area contributed by atoms with Crippen LogP contribution in [0.2, 0.25) is 5.02 Å². The lowest BCUT2D eigenvalue weighted by atomic mass is 10.2. The highest BCUT2D eigenvalue weighted by Crippen LogP contribution is 2.26. The van der Waals surface area contributed by atoms with Gasteiger partial charge in [0.2, 0.25) is 5.91 Å². The normalized spacial score (nSPS) is 17.2. The summed E-state index contributed by atoms with van der Waals surface area (Å²) >= 11 is 5.85. The fraction of sp³-hybridized carbons (Fsp3) is 0.222. The van der Waals surface area contributed by atoms with Crippen LogP contribution in [0.25, 0.3) is 0 Å². The van der Waals surface area contributed by atoms with Gasteiger partial charge in [-0.2, -0.15) is 0 Å². The summed E-state index contributed by atoms with van der Waals surface area (Å²) < 4.78 is 5.39. The van der Waals surface area contributed by atoms with E-state index in [-0.39, 0.29) is 18.2 Å². The largest absolute Gasteiger partial charge is 0.494 e. The predicted molar refractivity (Wildman–Crippen MR) is 93.6 cm³/mol. The third-order valence-electron chi connectivity index (χ3n) is 3.74. The smallest absolute Gasteiger partial charge is 0.256 e. The first-order valence-electron chi connectivity index (χ1n) is 7.70. The number of hydrogen-bond acceptors (Lipinski definition) is 4. The molecule has 1 heterocycles. The highest BCUT2D eigenvalue weighted by atomic mass is 35.5. The van der Waals surface area contributed by atoms with E-state index in [0.717, 1.165) is 11.4 Å². The molecule has 1 N–H and O–H groups in total. The summed E-state index contributed by atoms with van der Waals surface area (Å²) in [6.07, 6.45) is 0.120. The zero-order chi connectivity index (χ0) is 17.1. The van der Waals surface area contributed by atoms with Crippen LogP contribution in [0.5, 0.6) is 5.75 Å². The van der Waals surface area contributed by atoms with E-state index >= 15 is 0 Å². The minimum Gasteiger partial charge on any atom is -0.494 e. The van der Waals surface area contributed by atoms with Crippen LogP contribution in [0.15, 0.2) is 48.5 Å². The van der Waals surface area contributed by atoms with Gasteiger partial charge in [-0.15, -0.1) is 0 Å². The maximum absolute atomic E-state index is 12.6. The van der Waals surface area contributed by atoms with Gasteiger partial charge in [0.25, 0.3) is 5.91 Å². The second-order valence-electron chi connectivity index (χ2n) is 5.40. The zero-order valence-corrected chi connectivity index (χ0v) is 13.9. The number of carbonyl (C=O) groups excluding carboxylic acids is 2. The molecule has 0 saturated carbocycles. The maximum atomic E-state index is 12.6. The van der Waals surface area contributed by atoms with Crippen molar-refractivity contribution in [3.05, 3.63) is 53.6 Å². The molecule has 1 aliphatic heterocycles. The predicted octanol–water partition coefficient (Wildman–Crippen LogP) is 3.48. The van der Waals surface area contributed by atoms with E-state index in [1.807, 2.05) is 31.2 Å². The van der Waals surface area contributed by atoms with Gasteiger partial charge in [0, 0.05) is 10.7 Å².